The van der Waals surface area contributed by atoms with Gasteiger partial charge in [-0.05, 0) is 49.6 Å². The second kappa shape index (κ2) is 6.44. The Morgan fingerprint density at radius 2 is 2.25 bits per heavy atom. The lowest BCUT2D eigenvalue weighted by Crippen LogP contribution is -2.30. The van der Waals surface area contributed by atoms with E-state index < -0.39 is 0 Å². The average Bonchev–Trinajstić information content (AvgIpc) is 2.24. The van der Waals surface area contributed by atoms with Crippen molar-refractivity contribution in [3.8, 4) is 0 Å². The van der Waals surface area contributed by atoms with Gasteiger partial charge in [0.25, 0.3) is 0 Å². The van der Waals surface area contributed by atoms with Crippen LogP contribution in [0.15, 0.2) is 30.9 Å². The van der Waals surface area contributed by atoms with Crippen LogP contribution in [-0.2, 0) is 6.42 Å². The molecule has 1 rings (SSSR count). The molecule has 1 N–H and O–H groups in total. The van der Waals surface area contributed by atoms with Gasteiger partial charge in [-0.1, -0.05) is 19.1 Å². The largest absolute Gasteiger partial charge is 0.314 e. The smallest absolute Gasteiger partial charge is 0.123 e. The first-order valence-electron chi connectivity index (χ1n) is 5.76. The van der Waals surface area contributed by atoms with Crippen LogP contribution in [-0.4, -0.2) is 12.6 Å². The maximum atomic E-state index is 13.1. The lowest BCUT2D eigenvalue weighted by molar-refractivity contribution is 0.526. The Morgan fingerprint density at radius 1 is 1.50 bits per heavy atom. The van der Waals surface area contributed by atoms with E-state index in [0.717, 1.165) is 30.5 Å². The van der Waals surface area contributed by atoms with Crippen LogP contribution in [0.1, 0.15) is 24.5 Å². The van der Waals surface area contributed by atoms with Gasteiger partial charge < -0.3 is 5.32 Å². The first kappa shape index (κ1) is 12.9. The Kier molecular flexibility index (Phi) is 5.20. The topological polar surface area (TPSA) is 12.0 Å². The summed E-state index contributed by atoms with van der Waals surface area (Å²) in [6, 6.07) is 5.32. The molecule has 0 aliphatic heterocycles. The Labute approximate surface area is 97.4 Å². The molecule has 1 aromatic carbocycles. The van der Waals surface area contributed by atoms with Gasteiger partial charge in [-0.2, -0.15) is 0 Å². The van der Waals surface area contributed by atoms with E-state index >= 15 is 0 Å². The third-order valence-corrected chi connectivity index (χ3v) is 2.72. The number of aryl methyl sites for hydroxylation is 1. The van der Waals surface area contributed by atoms with E-state index in [4.69, 9.17) is 0 Å². The fourth-order valence-corrected chi connectivity index (χ4v) is 1.85. The number of benzene rings is 1. The second-order valence-electron chi connectivity index (χ2n) is 4.05. The quantitative estimate of drug-likeness (QED) is 0.727. The molecule has 0 spiro atoms. The maximum absolute atomic E-state index is 13.1. The molecule has 0 saturated carbocycles. The molecule has 0 bridgehead atoms. The molecule has 2 heteroatoms. The van der Waals surface area contributed by atoms with Gasteiger partial charge >= 0.3 is 0 Å². The van der Waals surface area contributed by atoms with E-state index in [1.165, 1.54) is 6.07 Å². The normalized spacial score (nSPS) is 12.4. The summed E-state index contributed by atoms with van der Waals surface area (Å²) in [6.07, 6.45) is 3.66. The maximum Gasteiger partial charge on any atom is 0.123 e. The summed E-state index contributed by atoms with van der Waals surface area (Å²) in [5, 5.41) is 3.38. The molecule has 1 aromatic rings. The third-order valence-electron chi connectivity index (χ3n) is 2.72. The molecule has 88 valence electrons. The van der Waals surface area contributed by atoms with Crippen molar-refractivity contribution in [3.63, 3.8) is 0 Å². The van der Waals surface area contributed by atoms with Crippen LogP contribution >= 0.6 is 0 Å². The predicted molar refractivity (Wildman–Crippen MR) is 67.1 cm³/mol. The van der Waals surface area contributed by atoms with Crippen molar-refractivity contribution in [1.29, 1.82) is 0 Å². The SMILES string of the molecule is C=CCC(Cc1cc(F)ccc1C)NCC. The number of nitrogens with one attached hydrogen (secondary N) is 1. The summed E-state index contributed by atoms with van der Waals surface area (Å²) >= 11 is 0. The molecular formula is C14H20FN. The van der Waals surface area contributed by atoms with Gasteiger partial charge in [0.1, 0.15) is 5.82 Å². The Balaban J connectivity index is 2.75. The van der Waals surface area contributed by atoms with E-state index in [1.807, 2.05) is 19.1 Å². The molecule has 0 amide bonds. The van der Waals surface area contributed by atoms with Crippen molar-refractivity contribution < 1.29 is 4.39 Å². The van der Waals surface area contributed by atoms with Crippen LogP contribution in [0.5, 0.6) is 0 Å². The minimum absolute atomic E-state index is 0.158. The van der Waals surface area contributed by atoms with E-state index in [-0.39, 0.29) is 5.82 Å². The highest BCUT2D eigenvalue weighted by atomic mass is 19.1. The van der Waals surface area contributed by atoms with Crippen LogP contribution in [0.4, 0.5) is 4.39 Å². The van der Waals surface area contributed by atoms with Crippen LogP contribution in [0.3, 0.4) is 0 Å². The van der Waals surface area contributed by atoms with E-state index in [1.54, 1.807) is 6.07 Å². The monoisotopic (exact) mass is 221 g/mol. The molecule has 1 atom stereocenters. The summed E-state index contributed by atoms with van der Waals surface area (Å²) in [5.74, 6) is -0.158. The number of likely N-dealkylation sites (N-methyl/N-ethyl adjacent to an activating group) is 1. The first-order chi connectivity index (χ1) is 7.67. The van der Waals surface area contributed by atoms with Gasteiger partial charge in [-0.25, -0.2) is 4.39 Å². The first-order valence-corrected chi connectivity index (χ1v) is 5.76. The number of rotatable bonds is 6. The molecule has 0 aliphatic carbocycles. The van der Waals surface area contributed by atoms with E-state index in [0.29, 0.717) is 6.04 Å². The number of halogens is 1. The summed E-state index contributed by atoms with van der Waals surface area (Å²) < 4.78 is 13.1. The van der Waals surface area contributed by atoms with Crippen molar-refractivity contribution in [2.45, 2.75) is 32.7 Å². The number of hydrogen-bond acceptors (Lipinski definition) is 1. The van der Waals surface area contributed by atoms with E-state index in [2.05, 4.69) is 18.8 Å². The molecule has 0 saturated heterocycles. The van der Waals surface area contributed by atoms with Gasteiger partial charge in [0, 0.05) is 6.04 Å². The highest BCUT2D eigenvalue weighted by Gasteiger charge is 2.09. The van der Waals surface area contributed by atoms with Gasteiger partial charge in [-0.15, -0.1) is 6.58 Å². The van der Waals surface area contributed by atoms with Crippen molar-refractivity contribution in [2.75, 3.05) is 6.54 Å². The summed E-state index contributed by atoms with van der Waals surface area (Å²) in [7, 11) is 0. The Hall–Kier alpha value is -1.15. The van der Waals surface area contributed by atoms with Crippen LogP contribution in [0.2, 0.25) is 0 Å². The van der Waals surface area contributed by atoms with Crippen molar-refractivity contribution in [1.82, 2.24) is 5.32 Å². The lowest BCUT2D eigenvalue weighted by Gasteiger charge is -2.17. The Morgan fingerprint density at radius 3 is 2.88 bits per heavy atom. The summed E-state index contributed by atoms with van der Waals surface area (Å²) in [4.78, 5) is 0. The van der Waals surface area contributed by atoms with Gasteiger partial charge in [-0.3, -0.25) is 0 Å². The predicted octanol–water partition coefficient (Wildman–Crippen LogP) is 3.23. The Bertz CT molecular complexity index is 347. The summed E-state index contributed by atoms with van der Waals surface area (Å²) in [6.45, 7) is 8.77. The fourth-order valence-electron chi connectivity index (χ4n) is 1.85. The lowest BCUT2D eigenvalue weighted by atomic mass is 9.99. The third kappa shape index (κ3) is 3.78. The highest BCUT2D eigenvalue weighted by Crippen LogP contribution is 2.13. The van der Waals surface area contributed by atoms with Crippen LogP contribution < -0.4 is 5.32 Å². The molecular weight excluding hydrogens is 201 g/mol. The average molecular weight is 221 g/mol. The second-order valence-corrected chi connectivity index (χ2v) is 4.05. The zero-order valence-electron chi connectivity index (χ0n) is 10.1. The zero-order chi connectivity index (χ0) is 12.0. The molecule has 0 radical (unpaired) electrons. The van der Waals surface area contributed by atoms with Gasteiger partial charge in [0.15, 0.2) is 0 Å². The molecule has 16 heavy (non-hydrogen) atoms. The van der Waals surface area contributed by atoms with Crippen molar-refractivity contribution in [3.05, 3.63) is 47.8 Å². The van der Waals surface area contributed by atoms with Crippen LogP contribution in [0.25, 0.3) is 0 Å². The van der Waals surface area contributed by atoms with Gasteiger partial charge in [0.05, 0.1) is 0 Å². The fraction of sp³-hybridized carbons (Fsp3) is 0.429. The van der Waals surface area contributed by atoms with Crippen LogP contribution in [0, 0.1) is 12.7 Å². The molecule has 1 nitrogen and oxygen atoms in total. The minimum atomic E-state index is -0.158. The zero-order valence-corrected chi connectivity index (χ0v) is 10.1. The highest BCUT2D eigenvalue weighted by molar-refractivity contribution is 5.27. The number of hydrogen-bond donors (Lipinski definition) is 1. The standard InChI is InChI=1S/C14H20FN/c1-4-6-14(16-5-2)10-12-9-13(15)8-7-11(12)3/h4,7-9,14,16H,1,5-6,10H2,2-3H3. The molecule has 0 aliphatic rings. The molecule has 1 unspecified atom stereocenters. The molecule has 0 heterocycles. The van der Waals surface area contributed by atoms with Crippen molar-refractivity contribution >= 4 is 0 Å². The summed E-state index contributed by atoms with van der Waals surface area (Å²) in [5.41, 5.74) is 2.22. The minimum Gasteiger partial charge on any atom is -0.314 e. The van der Waals surface area contributed by atoms with Crippen molar-refractivity contribution in [2.24, 2.45) is 0 Å². The molecule has 0 aromatic heterocycles. The van der Waals surface area contributed by atoms with Gasteiger partial charge in [0.2, 0.25) is 0 Å². The molecule has 0 fully saturated rings. The van der Waals surface area contributed by atoms with E-state index in [9.17, 15) is 4.39 Å².